The summed E-state index contributed by atoms with van der Waals surface area (Å²) < 4.78 is 0. The van der Waals surface area contributed by atoms with Crippen LogP contribution in [0.4, 0.5) is 0 Å². The molecule has 0 aromatic heterocycles. The van der Waals surface area contributed by atoms with Crippen molar-refractivity contribution in [2.24, 2.45) is 0 Å². The van der Waals surface area contributed by atoms with Crippen LogP contribution in [0.25, 0.3) is 0 Å². The third-order valence-corrected chi connectivity index (χ3v) is 2.62. The Morgan fingerprint density at radius 2 is 1.56 bits per heavy atom. The molecular weight excluding hydrogens is 196 g/mol. The quantitative estimate of drug-likeness (QED) is 0.714. The van der Waals surface area contributed by atoms with Crippen LogP contribution in [0.1, 0.15) is 13.8 Å². The highest BCUT2D eigenvalue weighted by Crippen LogP contribution is 2.35. The monoisotopic (exact) mass is 216 g/mol. The van der Waals surface area contributed by atoms with Gasteiger partial charge in [0, 0.05) is 13.1 Å². The van der Waals surface area contributed by atoms with Gasteiger partial charge < -0.3 is 9.80 Å². The minimum atomic E-state index is 0.372. The lowest BCUT2D eigenvalue weighted by molar-refractivity contribution is 0.340. The van der Waals surface area contributed by atoms with E-state index in [1.807, 2.05) is 19.2 Å². The molecule has 1 heterocycles. The highest BCUT2D eigenvalue weighted by molar-refractivity contribution is 5.43. The van der Waals surface area contributed by atoms with E-state index in [1.165, 1.54) is 0 Å². The first kappa shape index (κ1) is 12.4. The molecule has 0 atom stereocenters. The molecule has 1 aliphatic heterocycles. The minimum Gasteiger partial charge on any atom is -0.330 e. The minimum absolute atomic E-state index is 0.372. The maximum atomic E-state index is 4.10. The molecule has 0 aromatic carbocycles. The van der Waals surface area contributed by atoms with Crippen LogP contribution in [0, 0.1) is 0 Å². The van der Waals surface area contributed by atoms with Crippen LogP contribution in [0.3, 0.4) is 0 Å². The molecular formula is C14H20N2. The molecule has 0 amide bonds. The first-order chi connectivity index (χ1) is 7.54. The largest absolute Gasteiger partial charge is 0.330 e. The second-order valence-electron chi connectivity index (χ2n) is 4.01. The standard InChI is InChI=1S/C14H20N2/c1-7-9-13-14(10-8-2)16(11(3)4)12(5)15(13)6/h7-11H,1-2,5H2,3-4,6H3/b13-9+,14-10+. The summed E-state index contributed by atoms with van der Waals surface area (Å²) in [5.74, 6) is 0.983. The topological polar surface area (TPSA) is 6.48 Å². The van der Waals surface area contributed by atoms with Gasteiger partial charge in [-0.1, -0.05) is 31.9 Å². The Hall–Kier alpha value is -1.70. The van der Waals surface area contributed by atoms with Gasteiger partial charge in [-0.15, -0.1) is 0 Å². The smallest absolute Gasteiger partial charge is 0.106 e. The maximum absolute atomic E-state index is 4.10. The Balaban J connectivity index is 3.28. The van der Waals surface area contributed by atoms with Crippen molar-refractivity contribution in [3.63, 3.8) is 0 Å². The summed E-state index contributed by atoms with van der Waals surface area (Å²) in [6.07, 6.45) is 7.58. The highest BCUT2D eigenvalue weighted by Gasteiger charge is 2.31. The van der Waals surface area contributed by atoms with Crippen molar-refractivity contribution in [3.8, 4) is 0 Å². The van der Waals surface area contributed by atoms with E-state index in [0.29, 0.717) is 6.04 Å². The van der Waals surface area contributed by atoms with Gasteiger partial charge in [-0.2, -0.15) is 0 Å². The molecule has 0 bridgehead atoms. The molecule has 2 nitrogen and oxygen atoms in total. The van der Waals surface area contributed by atoms with Gasteiger partial charge in [-0.25, -0.2) is 0 Å². The third kappa shape index (κ3) is 1.96. The second-order valence-corrected chi connectivity index (χ2v) is 4.01. The van der Waals surface area contributed by atoms with Crippen molar-refractivity contribution < 1.29 is 0 Å². The Morgan fingerprint density at radius 1 is 1.06 bits per heavy atom. The van der Waals surface area contributed by atoms with E-state index in [1.54, 1.807) is 12.2 Å². The third-order valence-electron chi connectivity index (χ3n) is 2.62. The predicted octanol–water partition coefficient (Wildman–Crippen LogP) is 3.25. The maximum Gasteiger partial charge on any atom is 0.106 e. The lowest BCUT2D eigenvalue weighted by Gasteiger charge is -2.24. The molecule has 0 saturated carbocycles. The van der Waals surface area contributed by atoms with Gasteiger partial charge in [0.25, 0.3) is 0 Å². The first-order valence-electron chi connectivity index (χ1n) is 5.42. The van der Waals surface area contributed by atoms with E-state index in [4.69, 9.17) is 0 Å². The molecule has 1 aliphatic rings. The van der Waals surface area contributed by atoms with Crippen molar-refractivity contribution >= 4 is 0 Å². The molecule has 0 spiro atoms. The average molecular weight is 216 g/mol. The lowest BCUT2D eigenvalue weighted by atomic mass is 10.2. The van der Waals surface area contributed by atoms with E-state index in [-0.39, 0.29) is 0 Å². The highest BCUT2D eigenvalue weighted by atomic mass is 15.4. The fourth-order valence-corrected chi connectivity index (χ4v) is 1.90. The van der Waals surface area contributed by atoms with Gasteiger partial charge in [0.2, 0.25) is 0 Å². The summed E-state index contributed by atoms with van der Waals surface area (Å²) in [4.78, 5) is 4.26. The van der Waals surface area contributed by atoms with E-state index in [2.05, 4.69) is 43.4 Å². The number of likely N-dealkylation sites (N-methyl/N-ethyl adjacent to an activating group) is 1. The molecule has 0 N–H and O–H groups in total. The molecule has 16 heavy (non-hydrogen) atoms. The Morgan fingerprint density at radius 3 is 2.00 bits per heavy atom. The van der Waals surface area contributed by atoms with Crippen molar-refractivity contribution in [3.05, 3.63) is 61.3 Å². The number of allylic oxidation sites excluding steroid dienone is 4. The van der Waals surface area contributed by atoms with Crippen LogP contribution in [-0.4, -0.2) is 22.9 Å². The van der Waals surface area contributed by atoms with Gasteiger partial charge in [-0.05, 0) is 26.0 Å². The summed E-state index contributed by atoms with van der Waals surface area (Å²) in [6, 6.07) is 0.372. The van der Waals surface area contributed by atoms with Crippen LogP contribution in [0.15, 0.2) is 61.3 Å². The fraction of sp³-hybridized carbons (Fsp3) is 0.286. The normalized spacial score (nSPS) is 21.4. The Labute approximate surface area is 98.5 Å². The Kier molecular flexibility index (Phi) is 3.78. The number of rotatable bonds is 3. The van der Waals surface area contributed by atoms with Gasteiger partial charge >= 0.3 is 0 Å². The van der Waals surface area contributed by atoms with Gasteiger partial charge in [0.15, 0.2) is 0 Å². The molecule has 0 unspecified atom stereocenters. The van der Waals surface area contributed by atoms with E-state index in [9.17, 15) is 0 Å². The molecule has 2 heteroatoms. The number of hydrogen-bond acceptors (Lipinski definition) is 2. The van der Waals surface area contributed by atoms with Crippen LogP contribution in [-0.2, 0) is 0 Å². The van der Waals surface area contributed by atoms with E-state index >= 15 is 0 Å². The lowest BCUT2D eigenvalue weighted by Crippen LogP contribution is -2.26. The Bertz CT molecular complexity index is 372. The van der Waals surface area contributed by atoms with Crippen molar-refractivity contribution in [1.82, 2.24) is 9.80 Å². The SMILES string of the molecule is C=C/C=C1\C(=C/C=C)N(C(C)C)C(=C)N1C. The van der Waals surface area contributed by atoms with Crippen LogP contribution < -0.4 is 0 Å². The van der Waals surface area contributed by atoms with Crippen molar-refractivity contribution in [2.75, 3.05) is 7.05 Å². The first-order valence-corrected chi connectivity index (χ1v) is 5.42. The van der Waals surface area contributed by atoms with Gasteiger partial charge in [0.05, 0.1) is 11.4 Å². The zero-order chi connectivity index (χ0) is 12.3. The summed E-state index contributed by atoms with van der Waals surface area (Å²) >= 11 is 0. The zero-order valence-corrected chi connectivity index (χ0v) is 10.4. The van der Waals surface area contributed by atoms with Gasteiger partial charge in [-0.3, -0.25) is 0 Å². The summed E-state index contributed by atoms with van der Waals surface area (Å²) in [5, 5.41) is 0. The molecule has 86 valence electrons. The number of nitrogens with zero attached hydrogens (tertiary/aromatic N) is 2. The summed E-state index contributed by atoms with van der Waals surface area (Å²) in [5.41, 5.74) is 2.23. The molecule has 0 aliphatic carbocycles. The molecule has 1 saturated heterocycles. The summed E-state index contributed by atoms with van der Waals surface area (Å²) in [7, 11) is 2.01. The van der Waals surface area contributed by atoms with Crippen LogP contribution in [0.2, 0.25) is 0 Å². The second kappa shape index (κ2) is 4.88. The average Bonchev–Trinajstić information content (AvgIpc) is 2.44. The van der Waals surface area contributed by atoms with Crippen LogP contribution >= 0.6 is 0 Å². The molecule has 0 radical (unpaired) electrons. The van der Waals surface area contributed by atoms with Gasteiger partial charge in [0.1, 0.15) is 5.82 Å². The van der Waals surface area contributed by atoms with Crippen molar-refractivity contribution in [2.45, 2.75) is 19.9 Å². The predicted molar refractivity (Wildman–Crippen MR) is 70.4 cm³/mol. The van der Waals surface area contributed by atoms with Crippen molar-refractivity contribution in [1.29, 1.82) is 0 Å². The van der Waals surface area contributed by atoms with Crippen LogP contribution in [0.5, 0.6) is 0 Å². The molecule has 0 aromatic rings. The van der Waals surface area contributed by atoms with E-state index < -0.39 is 0 Å². The zero-order valence-electron chi connectivity index (χ0n) is 10.4. The number of hydrogen-bond donors (Lipinski definition) is 0. The molecule has 1 fully saturated rings. The fourth-order valence-electron chi connectivity index (χ4n) is 1.90. The molecule has 1 rings (SSSR count). The van der Waals surface area contributed by atoms with E-state index in [0.717, 1.165) is 17.2 Å². The summed E-state index contributed by atoms with van der Waals surface area (Å²) in [6.45, 7) is 15.9.